The number of nitrogens with one attached hydrogen (secondary N) is 2. The smallest absolute Gasteiger partial charge is 0.360 e. The maximum absolute atomic E-state index is 11.6. The Hall–Kier alpha value is -1.78. The van der Waals surface area contributed by atoms with Gasteiger partial charge in [-0.05, 0) is 25.1 Å². The van der Waals surface area contributed by atoms with Crippen molar-refractivity contribution in [2.45, 2.75) is 62.4 Å². The van der Waals surface area contributed by atoms with Crippen LogP contribution in [0.5, 0.6) is 0 Å². The van der Waals surface area contributed by atoms with Crippen LogP contribution < -0.4 is 10.6 Å². The first-order valence-corrected chi connectivity index (χ1v) is 9.87. The molecule has 10 heteroatoms. The average molecular weight is 395 g/mol. The summed E-state index contributed by atoms with van der Waals surface area (Å²) in [6.07, 6.45) is 7.46. The quantitative estimate of drug-likeness (QED) is 0.560. The van der Waals surface area contributed by atoms with Crippen molar-refractivity contribution in [3.63, 3.8) is 0 Å². The first-order chi connectivity index (χ1) is 13.2. The molecular weight excluding hydrogens is 370 g/mol. The van der Waals surface area contributed by atoms with Gasteiger partial charge in [-0.3, -0.25) is 0 Å². The topological polar surface area (TPSA) is 99.5 Å². The third kappa shape index (κ3) is 3.92. The molecular formula is C17H25N5O4S. The van der Waals surface area contributed by atoms with Crippen LogP contribution in [0.4, 0.5) is 0 Å². The lowest BCUT2D eigenvalue weighted by atomic mass is 9.96. The van der Waals surface area contributed by atoms with Crippen LogP contribution in [0.2, 0.25) is 0 Å². The van der Waals surface area contributed by atoms with Crippen molar-refractivity contribution in [1.82, 2.24) is 25.6 Å². The molecule has 0 radical (unpaired) electrons. The summed E-state index contributed by atoms with van der Waals surface area (Å²) >= 11 is 5.49. The average Bonchev–Trinajstić information content (AvgIpc) is 3.39. The van der Waals surface area contributed by atoms with Crippen LogP contribution in [-0.2, 0) is 14.2 Å². The Morgan fingerprint density at radius 3 is 2.78 bits per heavy atom. The van der Waals surface area contributed by atoms with E-state index in [0.717, 1.165) is 0 Å². The molecule has 3 fully saturated rings. The minimum absolute atomic E-state index is 0.00723. The Morgan fingerprint density at radius 2 is 2.00 bits per heavy atom. The number of carbonyl (C=O) groups excluding carboxylic acids is 1. The van der Waals surface area contributed by atoms with E-state index in [0.29, 0.717) is 24.4 Å². The van der Waals surface area contributed by atoms with Crippen LogP contribution in [0.1, 0.15) is 48.6 Å². The number of thiocarbonyl (C=S) groups is 1. The molecule has 148 valence electrons. The van der Waals surface area contributed by atoms with Gasteiger partial charge >= 0.3 is 5.97 Å². The molecule has 0 unspecified atom stereocenters. The molecule has 0 spiro atoms. The highest BCUT2D eigenvalue weighted by molar-refractivity contribution is 7.80. The van der Waals surface area contributed by atoms with Crippen molar-refractivity contribution in [1.29, 1.82) is 0 Å². The molecule has 9 nitrogen and oxygen atoms in total. The van der Waals surface area contributed by atoms with Gasteiger partial charge in [-0.2, -0.15) is 0 Å². The standard InChI is InChI=1S/C17H25N5O4S/c1-24-16(23)11-7-22(21-20-11)13-9-26-14-12(8-25-15(13)14)19-17(27)18-10-5-3-2-4-6-10/h7,10,12-15H,2-6,8-9H2,1H3,(H2,18,19,27)/t12-,13-,14+,15+/m0/s1. The first kappa shape index (κ1) is 18.6. The number of hydrogen-bond donors (Lipinski definition) is 2. The number of rotatable bonds is 4. The zero-order chi connectivity index (χ0) is 18.8. The zero-order valence-corrected chi connectivity index (χ0v) is 16.1. The molecule has 1 aromatic heterocycles. The number of ether oxygens (including phenoxy) is 3. The summed E-state index contributed by atoms with van der Waals surface area (Å²) in [5.41, 5.74) is 0.173. The Kier molecular flexibility index (Phi) is 5.55. The fraction of sp³-hybridized carbons (Fsp3) is 0.765. The number of methoxy groups -OCH3 is 1. The summed E-state index contributed by atoms with van der Waals surface area (Å²) in [4.78, 5) is 11.6. The van der Waals surface area contributed by atoms with E-state index >= 15 is 0 Å². The maximum atomic E-state index is 11.6. The zero-order valence-electron chi connectivity index (χ0n) is 15.3. The minimum Gasteiger partial charge on any atom is -0.464 e. The number of carbonyl (C=O) groups is 1. The van der Waals surface area contributed by atoms with E-state index in [9.17, 15) is 4.79 Å². The van der Waals surface area contributed by atoms with E-state index in [1.165, 1.54) is 39.2 Å². The van der Waals surface area contributed by atoms with Crippen molar-refractivity contribution < 1.29 is 19.0 Å². The van der Waals surface area contributed by atoms with Crippen LogP contribution in [0.15, 0.2) is 6.20 Å². The molecule has 0 aromatic carbocycles. The lowest BCUT2D eigenvalue weighted by Gasteiger charge is -2.26. The Balaban J connectivity index is 1.33. The van der Waals surface area contributed by atoms with Gasteiger partial charge in [0.25, 0.3) is 0 Å². The van der Waals surface area contributed by atoms with Crippen molar-refractivity contribution >= 4 is 23.3 Å². The highest BCUT2D eigenvalue weighted by Gasteiger charge is 2.49. The van der Waals surface area contributed by atoms with E-state index < -0.39 is 5.97 Å². The van der Waals surface area contributed by atoms with Gasteiger partial charge < -0.3 is 24.8 Å². The SMILES string of the molecule is COC(=O)c1cn([C@H]2CO[C@H]3[C@@H]2OC[C@@H]3NC(=S)NC2CCCCC2)nn1. The van der Waals surface area contributed by atoms with Gasteiger partial charge in [0.1, 0.15) is 18.2 Å². The second-order valence-electron chi connectivity index (χ2n) is 7.30. The van der Waals surface area contributed by atoms with Crippen molar-refractivity contribution in [3.8, 4) is 0 Å². The number of aromatic nitrogens is 3. The maximum Gasteiger partial charge on any atom is 0.360 e. The highest BCUT2D eigenvalue weighted by Crippen LogP contribution is 2.34. The number of esters is 1. The van der Waals surface area contributed by atoms with Crippen LogP contribution >= 0.6 is 12.2 Å². The van der Waals surface area contributed by atoms with Gasteiger partial charge in [0, 0.05) is 6.04 Å². The summed E-state index contributed by atoms with van der Waals surface area (Å²) in [5, 5.41) is 15.3. The Bertz CT molecular complexity index is 693. The molecule has 1 aliphatic carbocycles. The third-order valence-corrected chi connectivity index (χ3v) is 5.76. The Morgan fingerprint density at radius 1 is 1.22 bits per heavy atom. The van der Waals surface area contributed by atoms with Crippen LogP contribution in [-0.4, -0.2) is 70.7 Å². The fourth-order valence-corrected chi connectivity index (χ4v) is 4.43. The molecule has 27 heavy (non-hydrogen) atoms. The number of fused-ring (bicyclic) bond motifs is 1. The second kappa shape index (κ2) is 8.07. The highest BCUT2D eigenvalue weighted by atomic mass is 32.1. The molecule has 3 aliphatic rings. The molecule has 1 saturated carbocycles. The molecule has 4 rings (SSSR count). The number of hydrogen-bond acceptors (Lipinski definition) is 7. The van der Waals surface area contributed by atoms with Crippen molar-refractivity contribution in [3.05, 3.63) is 11.9 Å². The lowest BCUT2D eigenvalue weighted by molar-refractivity contribution is 0.0592. The molecule has 3 heterocycles. The van der Waals surface area contributed by atoms with Crippen molar-refractivity contribution in [2.75, 3.05) is 20.3 Å². The van der Waals surface area contributed by atoms with E-state index in [1.54, 1.807) is 10.9 Å². The molecule has 0 bridgehead atoms. The normalized spacial score (nSPS) is 30.7. The fourth-order valence-electron chi connectivity index (χ4n) is 4.11. The number of nitrogens with zero attached hydrogens (tertiary/aromatic N) is 3. The largest absolute Gasteiger partial charge is 0.464 e. The van der Waals surface area contributed by atoms with Gasteiger partial charge in [0.2, 0.25) is 0 Å². The monoisotopic (exact) mass is 395 g/mol. The second-order valence-corrected chi connectivity index (χ2v) is 7.71. The molecule has 1 aromatic rings. The summed E-state index contributed by atoms with van der Waals surface area (Å²) < 4.78 is 18.2. The van der Waals surface area contributed by atoms with Crippen LogP contribution in [0, 0.1) is 0 Å². The van der Waals surface area contributed by atoms with Crippen LogP contribution in [0.25, 0.3) is 0 Å². The molecule has 2 N–H and O–H groups in total. The first-order valence-electron chi connectivity index (χ1n) is 9.46. The third-order valence-electron chi connectivity index (χ3n) is 5.53. The summed E-state index contributed by atoms with van der Waals surface area (Å²) in [6, 6.07) is 0.320. The van der Waals surface area contributed by atoms with Gasteiger partial charge in [-0.1, -0.05) is 24.5 Å². The van der Waals surface area contributed by atoms with E-state index in [2.05, 4.69) is 25.7 Å². The van der Waals surface area contributed by atoms with E-state index in [-0.39, 0.29) is 30.0 Å². The molecule has 2 saturated heterocycles. The van der Waals surface area contributed by atoms with Crippen molar-refractivity contribution in [2.24, 2.45) is 0 Å². The van der Waals surface area contributed by atoms with Crippen LogP contribution in [0.3, 0.4) is 0 Å². The van der Waals surface area contributed by atoms with E-state index in [1.807, 2.05) is 0 Å². The molecule has 2 aliphatic heterocycles. The Labute approximate surface area is 163 Å². The minimum atomic E-state index is -0.511. The summed E-state index contributed by atoms with van der Waals surface area (Å²) in [5.74, 6) is -0.511. The predicted octanol–water partition coefficient (Wildman–Crippen LogP) is 0.569. The van der Waals surface area contributed by atoms with Gasteiger partial charge in [-0.25, -0.2) is 9.48 Å². The summed E-state index contributed by atoms with van der Waals surface area (Å²) in [7, 11) is 1.32. The molecule has 4 atom stereocenters. The molecule has 0 amide bonds. The van der Waals surface area contributed by atoms with Gasteiger partial charge in [0.15, 0.2) is 10.8 Å². The summed E-state index contributed by atoms with van der Waals surface area (Å²) in [6.45, 7) is 0.956. The lowest BCUT2D eigenvalue weighted by Crippen LogP contribution is -2.50. The van der Waals surface area contributed by atoms with Gasteiger partial charge in [-0.15, -0.1) is 5.10 Å². The van der Waals surface area contributed by atoms with E-state index in [4.69, 9.17) is 21.7 Å². The van der Waals surface area contributed by atoms with Gasteiger partial charge in [0.05, 0.1) is 32.6 Å². The predicted molar refractivity (Wildman–Crippen MR) is 99.4 cm³/mol.